The van der Waals surface area contributed by atoms with Gasteiger partial charge in [-0.05, 0) is 17.7 Å². The zero-order valence-corrected chi connectivity index (χ0v) is 13.2. The molecule has 5 nitrogen and oxygen atoms in total. The van der Waals surface area contributed by atoms with Gasteiger partial charge in [-0.25, -0.2) is 4.98 Å². The number of carbonyl (C=O) groups excluding carboxylic acids is 1. The molecule has 0 aliphatic rings. The number of aromatic nitrogens is 2. The van der Waals surface area contributed by atoms with Crippen molar-refractivity contribution in [2.75, 3.05) is 6.54 Å². The molecule has 24 heavy (non-hydrogen) atoms. The van der Waals surface area contributed by atoms with Crippen LogP contribution in [0.3, 0.4) is 0 Å². The molecule has 2 aromatic carbocycles. The normalized spacial score (nSPS) is 10.5. The molecular formula is C19H19N3O2. The van der Waals surface area contributed by atoms with Gasteiger partial charge in [-0.15, -0.1) is 0 Å². The maximum absolute atomic E-state index is 12.1. The molecule has 0 atom stereocenters. The number of nitrogens with zero attached hydrogens (tertiary/aromatic N) is 2. The van der Waals surface area contributed by atoms with Crippen LogP contribution in [0, 0.1) is 0 Å². The van der Waals surface area contributed by atoms with E-state index in [1.54, 1.807) is 24.4 Å². The van der Waals surface area contributed by atoms with E-state index in [4.69, 9.17) is 0 Å². The van der Waals surface area contributed by atoms with Crippen LogP contribution in [0.1, 0.15) is 21.7 Å². The van der Waals surface area contributed by atoms with Gasteiger partial charge >= 0.3 is 0 Å². The molecule has 1 aromatic heterocycles. The number of rotatable bonds is 6. The molecule has 1 amide bonds. The fourth-order valence-corrected chi connectivity index (χ4v) is 2.54. The standard InChI is InChI=1S/C19H19N3O2/c23-17-9-5-4-8-16(17)19(24)21-11-10-18-20-12-13-22(18)14-15-6-2-1-3-7-15/h1-9,12-13,23H,10-11,14H2,(H,21,24). The topological polar surface area (TPSA) is 67.2 Å². The fraction of sp³-hybridized carbons (Fsp3) is 0.158. The van der Waals surface area contributed by atoms with E-state index >= 15 is 0 Å². The molecule has 5 heteroatoms. The first kappa shape index (κ1) is 15.8. The summed E-state index contributed by atoms with van der Waals surface area (Å²) in [7, 11) is 0. The summed E-state index contributed by atoms with van der Waals surface area (Å²) in [6.45, 7) is 1.21. The van der Waals surface area contributed by atoms with Crippen molar-refractivity contribution in [3.05, 3.63) is 83.9 Å². The quantitative estimate of drug-likeness (QED) is 0.733. The lowest BCUT2D eigenvalue weighted by Gasteiger charge is -2.09. The maximum atomic E-state index is 12.1. The van der Waals surface area contributed by atoms with E-state index in [1.165, 1.54) is 11.6 Å². The molecule has 3 aromatic rings. The smallest absolute Gasteiger partial charge is 0.255 e. The Morgan fingerprint density at radius 2 is 1.83 bits per heavy atom. The molecule has 0 bridgehead atoms. The minimum absolute atomic E-state index is 0.0134. The van der Waals surface area contributed by atoms with Crippen molar-refractivity contribution in [1.29, 1.82) is 0 Å². The monoisotopic (exact) mass is 321 g/mol. The van der Waals surface area contributed by atoms with Gasteiger partial charge in [-0.1, -0.05) is 42.5 Å². The van der Waals surface area contributed by atoms with Gasteiger partial charge in [0.1, 0.15) is 11.6 Å². The first-order valence-corrected chi connectivity index (χ1v) is 7.84. The van der Waals surface area contributed by atoms with Gasteiger partial charge < -0.3 is 15.0 Å². The minimum Gasteiger partial charge on any atom is -0.507 e. The van der Waals surface area contributed by atoms with Gasteiger partial charge in [0, 0.05) is 31.9 Å². The van der Waals surface area contributed by atoms with E-state index in [1.807, 2.05) is 24.4 Å². The van der Waals surface area contributed by atoms with Crippen LogP contribution in [0.4, 0.5) is 0 Å². The molecule has 0 fully saturated rings. The molecule has 0 saturated carbocycles. The third-order valence-electron chi connectivity index (χ3n) is 3.78. The van der Waals surface area contributed by atoms with Gasteiger partial charge in [0.2, 0.25) is 0 Å². The third kappa shape index (κ3) is 3.81. The number of nitrogens with one attached hydrogen (secondary N) is 1. The molecule has 0 radical (unpaired) electrons. The highest BCUT2D eigenvalue weighted by atomic mass is 16.3. The summed E-state index contributed by atoms with van der Waals surface area (Å²) in [6.07, 6.45) is 4.33. The van der Waals surface area contributed by atoms with Crippen LogP contribution in [0.5, 0.6) is 5.75 Å². The number of aromatic hydroxyl groups is 1. The van der Waals surface area contributed by atoms with Crippen molar-refractivity contribution in [1.82, 2.24) is 14.9 Å². The first-order chi connectivity index (χ1) is 11.7. The van der Waals surface area contributed by atoms with Crippen molar-refractivity contribution in [2.24, 2.45) is 0 Å². The molecule has 0 spiro atoms. The maximum Gasteiger partial charge on any atom is 0.255 e. The lowest BCUT2D eigenvalue weighted by molar-refractivity contribution is 0.0951. The van der Waals surface area contributed by atoms with Gasteiger partial charge in [0.25, 0.3) is 5.91 Å². The summed E-state index contributed by atoms with van der Waals surface area (Å²) in [6, 6.07) is 16.7. The summed E-state index contributed by atoms with van der Waals surface area (Å²) >= 11 is 0. The second-order valence-corrected chi connectivity index (χ2v) is 5.48. The van der Waals surface area contributed by atoms with E-state index in [9.17, 15) is 9.90 Å². The molecule has 122 valence electrons. The molecule has 1 heterocycles. The van der Waals surface area contributed by atoms with E-state index in [0.29, 0.717) is 13.0 Å². The summed E-state index contributed by atoms with van der Waals surface area (Å²) in [4.78, 5) is 16.4. The van der Waals surface area contributed by atoms with Crippen LogP contribution in [0.2, 0.25) is 0 Å². The number of hydrogen-bond donors (Lipinski definition) is 2. The fourth-order valence-electron chi connectivity index (χ4n) is 2.54. The van der Waals surface area contributed by atoms with Crippen LogP contribution < -0.4 is 5.32 Å². The summed E-state index contributed by atoms with van der Waals surface area (Å²) in [5.74, 6) is 0.617. The van der Waals surface area contributed by atoms with E-state index < -0.39 is 0 Å². The lowest BCUT2D eigenvalue weighted by Crippen LogP contribution is -2.26. The van der Waals surface area contributed by atoms with E-state index in [-0.39, 0.29) is 17.2 Å². The van der Waals surface area contributed by atoms with Crippen molar-refractivity contribution in [2.45, 2.75) is 13.0 Å². The Morgan fingerprint density at radius 3 is 2.62 bits per heavy atom. The number of imidazole rings is 1. The third-order valence-corrected chi connectivity index (χ3v) is 3.78. The highest BCUT2D eigenvalue weighted by molar-refractivity contribution is 5.96. The van der Waals surface area contributed by atoms with Crippen molar-refractivity contribution < 1.29 is 9.90 Å². The predicted molar refractivity (Wildman–Crippen MR) is 91.9 cm³/mol. The van der Waals surface area contributed by atoms with Crippen LogP contribution in [0.15, 0.2) is 67.0 Å². The number of phenols is 1. The second-order valence-electron chi connectivity index (χ2n) is 5.48. The van der Waals surface area contributed by atoms with Crippen LogP contribution in [-0.2, 0) is 13.0 Å². The molecule has 2 N–H and O–H groups in total. The first-order valence-electron chi connectivity index (χ1n) is 7.84. The summed E-state index contributed by atoms with van der Waals surface area (Å²) in [5.41, 5.74) is 1.49. The number of hydrogen-bond acceptors (Lipinski definition) is 3. The highest BCUT2D eigenvalue weighted by Crippen LogP contribution is 2.15. The molecular weight excluding hydrogens is 302 g/mol. The van der Waals surface area contributed by atoms with E-state index in [2.05, 4.69) is 27.0 Å². The Kier molecular flexibility index (Phi) is 4.91. The van der Waals surface area contributed by atoms with E-state index in [0.717, 1.165) is 12.4 Å². The average molecular weight is 321 g/mol. The zero-order valence-electron chi connectivity index (χ0n) is 13.2. The number of phenolic OH excluding ortho intramolecular Hbond substituents is 1. The summed E-state index contributed by atoms with van der Waals surface area (Å²) in [5, 5.41) is 12.5. The van der Waals surface area contributed by atoms with Gasteiger partial charge in [-0.3, -0.25) is 4.79 Å². The van der Waals surface area contributed by atoms with Crippen molar-refractivity contribution >= 4 is 5.91 Å². The molecule has 0 aliphatic heterocycles. The Morgan fingerprint density at radius 1 is 1.08 bits per heavy atom. The Balaban J connectivity index is 1.57. The number of carbonyl (C=O) groups is 1. The van der Waals surface area contributed by atoms with Crippen molar-refractivity contribution in [3.63, 3.8) is 0 Å². The average Bonchev–Trinajstić information content (AvgIpc) is 3.03. The molecule has 3 rings (SSSR count). The SMILES string of the molecule is O=C(NCCc1nccn1Cc1ccccc1)c1ccccc1O. The lowest BCUT2D eigenvalue weighted by atomic mass is 10.2. The predicted octanol–water partition coefficient (Wildman–Crippen LogP) is 2.61. The number of amides is 1. The summed E-state index contributed by atoms with van der Waals surface area (Å²) < 4.78 is 2.07. The molecule has 0 aliphatic carbocycles. The second kappa shape index (κ2) is 7.46. The number of benzene rings is 2. The van der Waals surface area contributed by atoms with Crippen LogP contribution in [0.25, 0.3) is 0 Å². The Bertz CT molecular complexity index is 812. The van der Waals surface area contributed by atoms with Crippen molar-refractivity contribution in [3.8, 4) is 5.75 Å². The molecule has 0 unspecified atom stereocenters. The zero-order chi connectivity index (χ0) is 16.8. The molecule has 0 saturated heterocycles. The Labute approximate surface area is 140 Å². The Hall–Kier alpha value is -3.08. The van der Waals surface area contributed by atoms with Crippen LogP contribution >= 0.6 is 0 Å². The number of para-hydroxylation sites is 1. The van der Waals surface area contributed by atoms with Gasteiger partial charge in [0.05, 0.1) is 5.56 Å². The largest absolute Gasteiger partial charge is 0.507 e. The van der Waals surface area contributed by atoms with Gasteiger partial charge in [-0.2, -0.15) is 0 Å². The highest BCUT2D eigenvalue weighted by Gasteiger charge is 2.10. The van der Waals surface area contributed by atoms with Crippen LogP contribution in [-0.4, -0.2) is 27.1 Å². The minimum atomic E-state index is -0.283. The van der Waals surface area contributed by atoms with Gasteiger partial charge in [0.15, 0.2) is 0 Å².